The van der Waals surface area contributed by atoms with E-state index in [1.807, 2.05) is 43.5 Å². The molecular formula is C20H21N3O2S2. The predicted molar refractivity (Wildman–Crippen MR) is 113 cm³/mol. The highest BCUT2D eigenvalue weighted by Gasteiger charge is 2.21. The summed E-state index contributed by atoms with van der Waals surface area (Å²) in [6, 6.07) is 8.07. The number of carbonyl (C=O) groups is 1. The zero-order valence-corrected chi connectivity index (χ0v) is 16.9. The highest BCUT2D eigenvalue weighted by Crippen LogP contribution is 2.33. The normalized spacial score (nSPS) is 12.2. The molecule has 0 aliphatic carbocycles. The van der Waals surface area contributed by atoms with Gasteiger partial charge in [-0.3, -0.25) is 14.2 Å². The molecule has 5 nitrogen and oxygen atoms in total. The monoisotopic (exact) mass is 399 g/mol. The second kappa shape index (κ2) is 8.10. The van der Waals surface area contributed by atoms with Gasteiger partial charge in [-0.15, -0.1) is 17.9 Å². The summed E-state index contributed by atoms with van der Waals surface area (Å²) >= 11 is 2.67. The zero-order chi connectivity index (χ0) is 19.6. The quantitative estimate of drug-likeness (QED) is 0.370. The number of nitrogens with two attached hydrogens (primary N) is 1. The van der Waals surface area contributed by atoms with E-state index in [0.29, 0.717) is 28.3 Å². The third kappa shape index (κ3) is 3.84. The van der Waals surface area contributed by atoms with Gasteiger partial charge in [-0.05, 0) is 18.9 Å². The van der Waals surface area contributed by atoms with Crippen molar-refractivity contribution in [2.45, 2.75) is 37.2 Å². The first kappa shape index (κ1) is 19.4. The number of thiophene rings is 1. The number of nitrogens with zero attached hydrogens (tertiary/aromatic N) is 2. The molecule has 0 unspecified atom stereocenters. The van der Waals surface area contributed by atoms with Crippen molar-refractivity contribution in [3.63, 3.8) is 0 Å². The average molecular weight is 400 g/mol. The maximum absolute atomic E-state index is 13.3. The number of fused-ring (bicyclic) bond motifs is 1. The van der Waals surface area contributed by atoms with Crippen LogP contribution in [0.2, 0.25) is 0 Å². The summed E-state index contributed by atoms with van der Waals surface area (Å²) in [6.45, 7) is 7.98. The summed E-state index contributed by atoms with van der Waals surface area (Å²) in [4.78, 5) is 30.2. The zero-order valence-electron chi connectivity index (χ0n) is 15.3. The van der Waals surface area contributed by atoms with Gasteiger partial charge < -0.3 is 5.73 Å². The fraction of sp³-hybridized carbons (Fsp3) is 0.250. The third-order valence-electron chi connectivity index (χ3n) is 4.27. The lowest BCUT2D eigenvalue weighted by Gasteiger charge is -2.14. The molecule has 0 bridgehead atoms. The van der Waals surface area contributed by atoms with Crippen molar-refractivity contribution >= 4 is 39.2 Å². The van der Waals surface area contributed by atoms with Crippen LogP contribution in [0.3, 0.4) is 0 Å². The molecule has 0 aliphatic heterocycles. The third-order valence-corrected chi connectivity index (χ3v) is 6.51. The molecule has 1 atom stereocenters. The van der Waals surface area contributed by atoms with Crippen molar-refractivity contribution in [1.29, 1.82) is 0 Å². The van der Waals surface area contributed by atoms with Crippen LogP contribution in [0.15, 0.2) is 52.3 Å². The van der Waals surface area contributed by atoms with Gasteiger partial charge in [0.2, 0.25) is 5.91 Å². The Bertz CT molecular complexity index is 1050. The fourth-order valence-corrected chi connectivity index (χ4v) is 4.76. The van der Waals surface area contributed by atoms with E-state index in [-0.39, 0.29) is 5.56 Å². The number of primary amides is 1. The minimum atomic E-state index is -0.429. The number of aryl methyl sites for hydroxylation is 1. The van der Waals surface area contributed by atoms with Crippen LogP contribution in [-0.2, 0) is 11.3 Å². The molecule has 1 amide bonds. The van der Waals surface area contributed by atoms with Crippen molar-refractivity contribution in [2.75, 3.05) is 0 Å². The van der Waals surface area contributed by atoms with Gasteiger partial charge in [-0.2, -0.15) is 0 Å². The van der Waals surface area contributed by atoms with Crippen LogP contribution >= 0.6 is 23.1 Å². The lowest BCUT2D eigenvalue weighted by atomic mass is 10.1. The van der Waals surface area contributed by atoms with Crippen molar-refractivity contribution in [3.05, 3.63) is 58.2 Å². The summed E-state index contributed by atoms with van der Waals surface area (Å²) in [5.41, 5.74) is 8.37. The van der Waals surface area contributed by atoms with Gasteiger partial charge in [0.1, 0.15) is 4.83 Å². The van der Waals surface area contributed by atoms with Crippen LogP contribution < -0.4 is 11.3 Å². The van der Waals surface area contributed by atoms with Crippen LogP contribution in [0.25, 0.3) is 21.3 Å². The fourth-order valence-electron chi connectivity index (χ4n) is 2.80. The highest BCUT2D eigenvalue weighted by atomic mass is 32.2. The summed E-state index contributed by atoms with van der Waals surface area (Å²) in [7, 11) is 0. The molecule has 140 valence electrons. The predicted octanol–water partition coefficient (Wildman–Crippen LogP) is 3.98. The number of carbonyl (C=O) groups excluding carboxylic acids is 1. The van der Waals surface area contributed by atoms with Gasteiger partial charge in [-0.1, -0.05) is 54.6 Å². The molecule has 0 spiro atoms. The van der Waals surface area contributed by atoms with Gasteiger partial charge in [0.15, 0.2) is 5.16 Å². The Morgan fingerprint density at radius 1 is 1.41 bits per heavy atom. The Balaban J connectivity index is 2.19. The van der Waals surface area contributed by atoms with E-state index in [1.54, 1.807) is 10.6 Å². The Kier molecular flexibility index (Phi) is 5.82. The van der Waals surface area contributed by atoms with E-state index in [1.165, 1.54) is 23.1 Å². The van der Waals surface area contributed by atoms with E-state index in [2.05, 4.69) is 11.6 Å². The summed E-state index contributed by atoms with van der Waals surface area (Å²) < 4.78 is 1.57. The molecule has 0 aliphatic rings. The molecule has 0 saturated heterocycles. The average Bonchev–Trinajstić information content (AvgIpc) is 3.07. The Labute approximate surface area is 165 Å². The second-order valence-electron chi connectivity index (χ2n) is 6.21. The van der Waals surface area contributed by atoms with E-state index in [4.69, 9.17) is 5.73 Å². The molecule has 0 saturated carbocycles. The number of amides is 1. The molecule has 2 aromatic heterocycles. The molecule has 2 heterocycles. The van der Waals surface area contributed by atoms with Crippen LogP contribution in [0.5, 0.6) is 0 Å². The van der Waals surface area contributed by atoms with E-state index >= 15 is 0 Å². The van der Waals surface area contributed by atoms with Crippen LogP contribution in [0, 0.1) is 6.92 Å². The first-order valence-electron chi connectivity index (χ1n) is 8.62. The number of thioether (sulfide) groups is 1. The van der Waals surface area contributed by atoms with Gasteiger partial charge in [0.25, 0.3) is 5.56 Å². The number of benzene rings is 1. The molecule has 7 heteroatoms. The van der Waals surface area contributed by atoms with Crippen LogP contribution in [-0.4, -0.2) is 20.7 Å². The largest absolute Gasteiger partial charge is 0.369 e. The molecular weight excluding hydrogens is 378 g/mol. The van der Waals surface area contributed by atoms with Gasteiger partial charge in [0.05, 0.1) is 10.6 Å². The van der Waals surface area contributed by atoms with E-state index < -0.39 is 11.2 Å². The minimum absolute atomic E-state index is 0.126. The summed E-state index contributed by atoms with van der Waals surface area (Å²) in [6.07, 6.45) is 2.23. The van der Waals surface area contributed by atoms with Crippen molar-refractivity contribution in [3.8, 4) is 11.1 Å². The van der Waals surface area contributed by atoms with Crippen molar-refractivity contribution in [1.82, 2.24) is 9.55 Å². The second-order valence-corrected chi connectivity index (χ2v) is 8.24. The van der Waals surface area contributed by atoms with E-state index in [0.717, 1.165) is 16.7 Å². The maximum atomic E-state index is 13.3. The Morgan fingerprint density at radius 2 is 2.11 bits per heavy atom. The SMILES string of the molecule is C=CCn1c(S[C@@H](CC)C(N)=O)nc2scc(-c3ccc(C)cc3)c2c1=O. The van der Waals surface area contributed by atoms with Crippen molar-refractivity contribution < 1.29 is 4.79 Å². The van der Waals surface area contributed by atoms with Gasteiger partial charge in [-0.25, -0.2) is 4.98 Å². The molecule has 27 heavy (non-hydrogen) atoms. The van der Waals surface area contributed by atoms with Gasteiger partial charge in [0, 0.05) is 17.5 Å². The molecule has 1 aromatic carbocycles. The summed E-state index contributed by atoms with van der Waals surface area (Å²) in [5, 5.41) is 2.63. The number of hydrogen-bond acceptors (Lipinski definition) is 5. The lowest BCUT2D eigenvalue weighted by Crippen LogP contribution is -2.28. The maximum Gasteiger partial charge on any atom is 0.263 e. The number of aromatic nitrogens is 2. The Morgan fingerprint density at radius 3 is 2.70 bits per heavy atom. The van der Waals surface area contributed by atoms with Crippen molar-refractivity contribution in [2.24, 2.45) is 5.73 Å². The molecule has 3 rings (SSSR count). The number of hydrogen-bond donors (Lipinski definition) is 1. The van der Waals surface area contributed by atoms with Crippen LogP contribution in [0.4, 0.5) is 0 Å². The first-order chi connectivity index (χ1) is 13.0. The molecule has 3 aromatic rings. The minimum Gasteiger partial charge on any atom is -0.369 e. The molecule has 2 N–H and O–H groups in total. The van der Waals surface area contributed by atoms with Crippen LogP contribution in [0.1, 0.15) is 18.9 Å². The number of rotatable bonds is 7. The standard InChI is InChI=1S/C20H21N3O2S2/c1-4-10-23-19(25)16-14(13-8-6-12(3)7-9-13)11-26-18(16)22-20(23)27-15(5-2)17(21)24/h4,6-9,11,15H,1,5,10H2,2-3H3,(H2,21,24)/t15-/m0/s1. The highest BCUT2D eigenvalue weighted by molar-refractivity contribution is 8.00. The smallest absolute Gasteiger partial charge is 0.263 e. The Hall–Kier alpha value is -2.38. The molecule has 0 fully saturated rings. The van der Waals surface area contributed by atoms with Gasteiger partial charge >= 0.3 is 0 Å². The van der Waals surface area contributed by atoms with E-state index in [9.17, 15) is 9.59 Å². The summed E-state index contributed by atoms with van der Waals surface area (Å²) in [5.74, 6) is -0.409. The topological polar surface area (TPSA) is 78.0 Å². The lowest BCUT2D eigenvalue weighted by molar-refractivity contribution is -0.117. The number of allylic oxidation sites excluding steroid dienone is 1. The molecule has 0 radical (unpaired) electrons. The first-order valence-corrected chi connectivity index (χ1v) is 10.4.